The first-order chi connectivity index (χ1) is 37.7. The lowest BCUT2D eigenvalue weighted by Gasteiger charge is -2.36. The van der Waals surface area contributed by atoms with Crippen LogP contribution in [0.2, 0.25) is 0 Å². The Kier molecular flexibility index (Phi) is 13.5. The van der Waals surface area contributed by atoms with Crippen molar-refractivity contribution in [3.05, 3.63) is 272 Å². The molecular weight excluding hydrogens is 992 g/mol. The van der Waals surface area contributed by atoms with Crippen LogP contribution in [0.4, 0.5) is 0 Å². The molecule has 7 heteroatoms. The Morgan fingerprint density at radius 2 is 0.662 bits per heavy atom. The van der Waals surface area contributed by atoms with Crippen LogP contribution in [-0.2, 0) is 17.4 Å². The van der Waals surface area contributed by atoms with Crippen LogP contribution in [0, 0.1) is 11.8 Å². The van der Waals surface area contributed by atoms with E-state index in [1.54, 1.807) is 0 Å². The maximum absolute atomic E-state index is 17.6. The molecule has 11 aromatic carbocycles. The van der Waals surface area contributed by atoms with Crippen LogP contribution in [0.3, 0.4) is 0 Å². The number of benzene rings is 11. The summed E-state index contributed by atoms with van der Waals surface area (Å²) < 4.78 is 40.6. The maximum Gasteiger partial charge on any atom is 0.647 e. The first-order valence-corrected chi connectivity index (χ1v) is 32.4. The molecule has 0 aliphatic carbocycles. The zero-order chi connectivity index (χ0) is 52.6. The number of phosphoric ester groups is 1. The quantitative estimate of drug-likeness (QED) is 0.0618. The number of fused-ring (bicyclic) bond motifs is 7. The van der Waals surface area contributed by atoms with Gasteiger partial charge in [-0.1, -0.05) is 289 Å². The van der Waals surface area contributed by atoms with E-state index in [1.807, 2.05) is 0 Å². The Balaban J connectivity index is 1.32. The van der Waals surface area contributed by atoms with Crippen molar-refractivity contribution in [3.63, 3.8) is 0 Å². The van der Waals surface area contributed by atoms with Gasteiger partial charge in [0.15, 0.2) is 16.1 Å². The van der Waals surface area contributed by atoms with Gasteiger partial charge >= 0.3 is 7.82 Å². The Bertz CT molecular complexity index is 3490. The van der Waals surface area contributed by atoms with E-state index in [-0.39, 0.29) is 11.8 Å². The standard InChI is InChI=1S/C70H61O4PSi2/c1-50(2)46-54-30-27-31-55(47-51(3)4)68(54)72-75(71)73-69-64(76(56-32-11-5-12-33-56,57-34-13-6-14-35-57)58-36-15-7-16-37-58)48-52-28-23-25-44-62(52)66(69)67-63-45-26-24-29-53(63)49-65(70(67)74-75)77(59-38-17-8-18-39-59,60-40-19-9-20-41-60)61-42-21-10-22-43-61/h5-45,48-51H,46-47H2,1-4H3. The first-order valence-electron chi connectivity index (χ1n) is 26.9. The molecule has 11 aromatic rings. The van der Waals surface area contributed by atoms with Crippen LogP contribution < -0.4 is 55.1 Å². The molecule has 0 bridgehead atoms. The third-order valence-corrected chi connectivity index (χ3v) is 26.1. The third-order valence-electron chi connectivity index (χ3n) is 15.3. The van der Waals surface area contributed by atoms with Gasteiger partial charge in [0.2, 0.25) is 0 Å². The van der Waals surface area contributed by atoms with Gasteiger partial charge in [-0.2, -0.15) is 4.57 Å². The minimum Gasteiger partial charge on any atom is -0.385 e. The number of para-hydroxylation sites is 1. The molecule has 0 saturated heterocycles. The third kappa shape index (κ3) is 8.85. The smallest absolute Gasteiger partial charge is 0.385 e. The van der Waals surface area contributed by atoms with Crippen molar-refractivity contribution in [3.8, 4) is 28.4 Å². The summed E-state index contributed by atoms with van der Waals surface area (Å²) >= 11 is 0. The average Bonchev–Trinajstić information content (AvgIpc) is 3.82. The molecule has 378 valence electrons. The van der Waals surface area contributed by atoms with Crippen LogP contribution in [-0.4, -0.2) is 16.1 Å². The molecule has 0 amide bonds. The average molecular weight is 1050 g/mol. The van der Waals surface area contributed by atoms with Gasteiger partial charge in [0.05, 0.1) is 0 Å². The van der Waals surface area contributed by atoms with E-state index in [0.29, 0.717) is 30.1 Å². The molecular formula is C70H61O4PSi2. The zero-order valence-corrected chi connectivity index (χ0v) is 46.9. The summed E-state index contributed by atoms with van der Waals surface area (Å²) in [5.41, 5.74) is 3.57. The highest BCUT2D eigenvalue weighted by atomic mass is 31.2. The topological polar surface area (TPSA) is 44.8 Å². The SMILES string of the molecule is CC(C)Cc1cccc(CC(C)C)c1OP1(=O)Oc2c([Si](c3ccccc3)(c3ccccc3)c3ccccc3)cc3ccccc3c2-c2c(c([Si](c3ccccc3)(c3ccccc3)c3ccccc3)cc3ccccc23)O1. The summed E-state index contributed by atoms with van der Waals surface area (Å²) in [5, 5.41) is 12.8. The molecule has 0 saturated carbocycles. The molecule has 0 atom stereocenters. The minimum absolute atomic E-state index is 0.282. The van der Waals surface area contributed by atoms with Gasteiger partial charge in [-0.05, 0) is 98.8 Å². The molecule has 0 spiro atoms. The second kappa shape index (κ2) is 20.9. The van der Waals surface area contributed by atoms with Gasteiger partial charge in [0.1, 0.15) is 17.2 Å². The van der Waals surface area contributed by atoms with Gasteiger partial charge in [-0.3, -0.25) is 0 Å². The maximum atomic E-state index is 17.6. The summed E-state index contributed by atoms with van der Waals surface area (Å²) in [6.07, 6.45) is 1.41. The highest BCUT2D eigenvalue weighted by molar-refractivity contribution is 7.50. The monoisotopic (exact) mass is 1050 g/mol. The number of hydrogen-bond donors (Lipinski definition) is 0. The normalized spacial score (nSPS) is 13.1. The summed E-state index contributed by atoms with van der Waals surface area (Å²) in [6.45, 7) is 8.84. The van der Waals surface area contributed by atoms with Crippen molar-refractivity contribution in [1.82, 2.24) is 0 Å². The fourth-order valence-corrected chi connectivity index (χ4v) is 23.7. The fourth-order valence-electron chi connectivity index (χ4n) is 12.3. The molecule has 0 fully saturated rings. The van der Waals surface area contributed by atoms with E-state index < -0.39 is 24.0 Å². The van der Waals surface area contributed by atoms with Crippen LogP contribution in [0.15, 0.2) is 261 Å². The summed E-state index contributed by atoms with van der Waals surface area (Å²) in [5.74, 6) is 2.11. The van der Waals surface area contributed by atoms with E-state index in [0.717, 1.165) is 85.3 Å². The van der Waals surface area contributed by atoms with Crippen molar-refractivity contribution < 1.29 is 18.1 Å². The van der Waals surface area contributed by atoms with Crippen molar-refractivity contribution in [2.45, 2.75) is 40.5 Å². The van der Waals surface area contributed by atoms with E-state index >= 15 is 4.57 Å². The molecule has 0 aromatic heterocycles. The fraction of sp³-hybridized carbons (Fsp3) is 0.114. The van der Waals surface area contributed by atoms with E-state index in [2.05, 4.69) is 289 Å². The van der Waals surface area contributed by atoms with Gasteiger partial charge in [0.25, 0.3) is 0 Å². The van der Waals surface area contributed by atoms with Crippen molar-refractivity contribution in [1.29, 1.82) is 0 Å². The number of hydrogen-bond acceptors (Lipinski definition) is 4. The molecule has 1 heterocycles. The van der Waals surface area contributed by atoms with Crippen LogP contribution in [0.25, 0.3) is 32.7 Å². The van der Waals surface area contributed by atoms with E-state index in [1.165, 1.54) is 0 Å². The Morgan fingerprint density at radius 1 is 0.377 bits per heavy atom. The van der Waals surface area contributed by atoms with E-state index in [9.17, 15) is 0 Å². The lowest BCUT2D eigenvalue weighted by molar-refractivity contribution is 0.300. The minimum atomic E-state index is -4.84. The largest absolute Gasteiger partial charge is 0.647 e. The Morgan fingerprint density at radius 3 is 0.961 bits per heavy atom. The molecule has 1 aliphatic heterocycles. The molecule has 0 unspecified atom stereocenters. The van der Waals surface area contributed by atoms with Gasteiger partial charge < -0.3 is 13.6 Å². The Labute approximate surface area is 455 Å². The van der Waals surface area contributed by atoms with Crippen LogP contribution >= 0.6 is 7.82 Å². The lowest BCUT2D eigenvalue weighted by atomic mass is 9.92. The predicted molar refractivity (Wildman–Crippen MR) is 327 cm³/mol. The van der Waals surface area contributed by atoms with Gasteiger partial charge in [-0.25, -0.2) is 0 Å². The highest BCUT2D eigenvalue weighted by Crippen LogP contribution is 2.60. The molecule has 0 N–H and O–H groups in total. The first kappa shape index (κ1) is 49.9. The molecule has 0 radical (unpaired) electrons. The van der Waals surface area contributed by atoms with Crippen molar-refractivity contribution >= 4 is 87.0 Å². The molecule has 12 rings (SSSR count). The zero-order valence-electron chi connectivity index (χ0n) is 44.0. The van der Waals surface area contributed by atoms with Gasteiger partial charge in [-0.15, -0.1) is 0 Å². The molecule has 77 heavy (non-hydrogen) atoms. The highest BCUT2D eigenvalue weighted by Gasteiger charge is 2.52. The predicted octanol–water partition coefficient (Wildman–Crippen LogP) is 12.8. The Hall–Kier alpha value is -8.00. The second-order valence-corrected chi connectivity index (χ2v) is 30.2. The van der Waals surface area contributed by atoms with Gasteiger partial charge in [0, 0.05) is 11.1 Å². The molecule has 1 aliphatic rings. The van der Waals surface area contributed by atoms with Crippen LogP contribution in [0.1, 0.15) is 38.8 Å². The lowest BCUT2D eigenvalue weighted by Crippen LogP contribution is -2.75. The van der Waals surface area contributed by atoms with E-state index in [4.69, 9.17) is 13.6 Å². The van der Waals surface area contributed by atoms with Crippen molar-refractivity contribution in [2.75, 3.05) is 0 Å². The van der Waals surface area contributed by atoms with Crippen LogP contribution in [0.5, 0.6) is 17.2 Å². The molecule has 4 nitrogen and oxygen atoms in total. The summed E-state index contributed by atoms with van der Waals surface area (Å²) in [7, 11) is -11.8. The number of rotatable bonds is 14. The summed E-state index contributed by atoms with van der Waals surface area (Å²) in [6, 6.07) is 93.5. The number of phosphoric acid groups is 1. The second-order valence-electron chi connectivity index (χ2n) is 21.2. The summed E-state index contributed by atoms with van der Waals surface area (Å²) in [4.78, 5) is 0. The van der Waals surface area contributed by atoms with Crippen molar-refractivity contribution in [2.24, 2.45) is 11.8 Å².